The number of carbonyl (C=O) groups is 2. The van der Waals surface area contributed by atoms with Crippen LogP contribution in [0.3, 0.4) is 0 Å². The van der Waals surface area contributed by atoms with Crippen LogP contribution in [-0.4, -0.2) is 36.5 Å². The van der Waals surface area contributed by atoms with Crippen molar-refractivity contribution in [3.8, 4) is 0 Å². The number of carbonyl (C=O) groups excluding carboxylic acids is 2. The van der Waals surface area contributed by atoms with Gasteiger partial charge in [-0.15, -0.1) is 0 Å². The Kier molecular flexibility index (Phi) is 6.45. The minimum atomic E-state index is -0.0806. The van der Waals surface area contributed by atoms with Gasteiger partial charge in [0, 0.05) is 35.7 Å². The number of rotatable bonds is 4. The molecule has 0 saturated carbocycles. The second kappa shape index (κ2) is 8.34. The third-order valence-electron chi connectivity index (χ3n) is 3.97. The molecule has 1 fully saturated rings. The minimum absolute atomic E-state index is 0.00507. The summed E-state index contributed by atoms with van der Waals surface area (Å²) in [5.74, 6) is 0.384. The third-order valence-corrected chi connectivity index (χ3v) is 4.46. The number of likely N-dealkylation sites (tertiary alicyclic amines) is 1. The van der Waals surface area contributed by atoms with Crippen LogP contribution in [0.4, 0.5) is 10.5 Å². The molecular weight excluding hydrogens is 358 g/mol. The van der Waals surface area contributed by atoms with Crippen LogP contribution in [0, 0.1) is 11.8 Å². The lowest BCUT2D eigenvalue weighted by Crippen LogP contribution is -2.45. The molecule has 0 aliphatic carbocycles. The smallest absolute Gasteiger partial charge is 0.321 e. The van der Waals surface area contributed by atoms with E-state index in [1.54, 1.807) is 0 Å². The average Bonchev–Trinajstić information content (AvgIpc) is 2.52. The molecule has 2 N–H and O–H groups in total. The van der Waals surface area contributed by atoms with E-state index in [-0.39, 0.29) is 17.9 Å². The van der Waals surface area contributed by atoms with Gasteiger partial charge in [0.2, 0.25) is 5.91 Å². The summed E-state index contributed by atoms with van der Waals surface area (Å²) in [5, 5.41) is 5.89. The highest BCUT2D eigenvalue weighted by molar-refractivity contribution is 9.10. The maximum atomic E-state index is 12.4. The van der Waals surface area contributed by atoms with Gasteiger partial charge in [0.25, 0.3) is 0 Å². The lowest BCUT2D eigenvalue weighted by atomic mass is 9.98. The molecule has 2 rings (SSSR count). The van der Waals surface area contributed by atoms with Crippen molar-refractivity contribution in [3.05, 3.63) is 28.7 Å². The Balaban J connectivity index is 1.85. The fraction of sp³-hybridized carbons (Fsp3) is 0.529. The van der Waals surface area contributed by atoms with E-state index in [0.29, 0.717) is 19.0 Å². The summed E-state index contributed by atoms with van der Waals surface area (Å²) in [6.07, 6.45) is 2.01. The first kappa shape index (κ1) is 17.8. The van der Waals surface area contributed by atoms with Crippen molar-refractivity contribution >= 4 is 33.6 Å². The Labute approximate surface area is 145 Å². The molecule has 0 radical (unpaired) electrons. The van der Waals surface area contributed by atoms with Gasteiger partial charge < -0.3 is 15.5 Å². The summed E-state index contributed by atoms with van der Waals surface area (Å²) in [7, 11) is 0. The molecule has 1 aliphatic heterocycles. The van der Waals surface area contributed by atoms with Crippen molar-refractivity contribution in [2.75, 3.05) is 25.0 Å². The van der Waals surface area contributed by atoms with Gasteiger partial charge in [-0.25, -0.2) is 4.79 Å². The molecule has 23 heavy (non-hydrogen) atoms. The number of nitrogens with one attached hydrogen (secondary N) is 2. The van der Waals surface area contributed by atoms with Crippen LogP contribution < -0.4 is 10.6 Å². The zero-order valence-electron chi connectivity index (χ0n) is 13.6. The van der Waals surface area contributed by atoms with Crippen LogP contribution >= 0.6 is 15.9 Å². The van der Waals surface area contributed by atoms with E-state index in [1.807, 2.05) is 43.0 Å². The standard InChI is InChI=1S/C17H24BrN3O2/c1-12(2)16(22)19-10-13-5-4-8-21(11-13)17(23)20-15-7-3-6-14(18)9-15/h3,6-7,9,12-13H,4-5,8,10-11H2,1-2H3,(H,19,22)(H,20,23)/t13-/m1/s1. The minimum Gasteiger partial charge on any atom is -0.356 e. The molecule has 126 valence electrons. The molecule has 1 aromatic carbocycles. The number of nitrogens with zero attached hydrogens (tertiary/aromatic N) is 1. The van der Waals surface area contributed by atoms with E-state index >= 15 is 0 Å². The lowest BCUT2D eigenvalue weighted by molar-refractivity contribution is -0.124. The largest absolute Gasteiger partial charge is 0.356 e. The molecule has 3 amide bonds. The molecule has 0 spiro atoms. The Morgan fingerprint density at radius 3 is 2.87 bits per heavy atom. The van der Waals surface area contributed by atoms with Gasteiger partial charge in [-0.2, -0.15) is 0 Å². The first-order valence-corrected chi connectivity index (χ1v) is 8.84. The third kappa shape index (κ3) is 5.53. The van der Waals surface area contributed by atoms with Crippen molar-refractivity contribution in [1.82, 2.24) is 10.2 Å². The monoisotopic (exact) mass is 381 g/mol. The summed E-state index contributed by atoms with van der Waals surface area (Å²) in [5.41, 5.74) is 0.777. The summed E-state index contributed by atoms with van der Waals surface area (Å²) in [6.45, 7) is 5.84. The second-order valence-electron chi connectivity index (χ2n) is 6.29. The normalized spacial score (nSPS) is 17.9. The number of piperidine rings is 1. The Hall–Kier alpha value is -1.56. The highest BCUT2D eigenvalue weighted by atomic mass is 79.9. The molecule has 1 aliphatic rings. The maximum Gasteiger partial charge on any atom is 0.321 e. The zero-order valence-corrected chi connectivity index (χ0v) is 15.2. The summed E-state index contributed by atoms with van der Waals surface area (Å²) in [4.78, 5) is 25.9. The number of hydrogen-bond acceptors (Lipinski definition) is 2. The van der Waals surface area contributed by atoms with Crippen molar-refractivity contribution in [3.63, 3.8) is 0 Å². The average molecular weight is 382 g/mol. The van der Waals surface area contributed by atoms with Crippen LogP contribution in [0.5, 0.6) is 0 Å². The molecule has 1 atom stereocenters. The van der Waals surface area contributed by atoms with Crippen LogP contribution in [0.25, 0.3) is 0 Å². The van der Waals surface area contributed by atoms with Gasteiger partial charge in [0.15, 0.2) is 0 Å². The predicted octanol–water partition coefficient (Wildman–Crippen LogP) is 3.47. The predicted molar refractivity (Wildman–Crippen MR) is 95.3 cm³/mol. The second-order valence-corrected chi connectivity index (χ2v) is 7.21. The number of anilines is 1. The topological polar surface area (TPSA) is 61.4 Å². The molecule has 1 saturated heterocycles. The van der Waals surface area contributed by atoms with E-state index in [9.17, 15) is 9.59 Å². The van der Waals surface area contributed by atoms with E-state index < -0.39 is 0 Å². The van der Waals surface area contributed by atoms with Gasteiger partial charge >= 0.3 is 6.03 Å². The van der Waals surface area contributed by atoms with E-state index in [0.717, 1.165) is 29.5 Å². The fourth-order valence-electron chi connectivity index (χ4n) is 2.63. The fourth-order valence-corrected chi connectivity index (χ4v) is 3.03. The van der Waals surface area contributed by atoms with E-state index in [2.05, 4.69) is 26.6 Å². The molecule has 0 bridgehead atoms. The highest BCUT2D eigenvalue weighted by Gasteiger charge is 2.24. The van der Waals surface area contributed by atoms with Crippen LogP contribution in [-0.2, 0) is 4.79 Å². The van der Waals surface area contributed by atoms with Gasteiger partial charge in [-0.3, -0.25) is 4.79 Å². The van der Waals surface area contributed by atoms with E-state index in [4.69, 9.17) is 0 Å². The SMILES string of the molecule is CC(C)C(=O)NC[C@H]1CCCN(C(=O)Nc2cccc(Br)c2)C1. The highest BCUT2D eigenvalue weighted by Crippen LogP contribution is 2.19. The summed E-state index contributed by atoms with van der Waals surface area (Å²) < 4.78 is 0.934. The van der Waals surface area contributed by atoms with Crippen molar-refractivity contribution in [1.29, 1.82) is 0 Å². The van der Waals surface area contributed by atoms with Crippen LogP contribution in [0.2, 0.25) is 0 Å². The first-order valence-electron chi connectivity index (χ1n) is 8.05. The maximum absolute atomic E-state index is 12.4. The number of halogens is 1. The quantitative estimate of drug-likeness (QED) is 0.838. The summed E-state index contributed by atoms with van der Waals surface area (Å²) >= 11 is 3.40. The molecule has 5 nitrogen and oxygen atoms in total. The van der Waals surface area contributed by atoms with Crippen LogP contribution in [0.1, 0.15) is 26.7 Å². The summed E-state index contributed by atoms with van der Waals surface area (Å²) in [6, 6.07) is 7.47. The van der Waals surface area contributed by atoms with Crippen molar-refractivity contribution in [2.45, 2.75) is 26.7 Å². The Bertz CT molecular complexity index is 563. The lowest BCUT2D eigenvalue weighted by Gasteiger charge is -2.33. The molecule has 6 heteroatoms. The molecule has 0 unspecified atom stereocenters. The van der Waals surface area contributed by atoms with Crippen molar-refractivity contribution in [2.24, 2.45) is 11.8 Å². The first-order chi connectivity index (χ1) is 11.0. The van der Waals surface area contributed by atoms with Crippen LogP contribution in [0.15, 0.2) is 28.7 Å². The van der Waals surface area contributed by atoms with Gasteiger partial charge in [0.1, 0.15) is 0 Å². The number of urea groups is 1. The zero-order chi connectivity index (χ0) is 16.8. The molecule has 1 heterocycles. The van der Waals surface area contributed by atoms with E-state index in [1.165, 1.54) is 0 Å². The number of amides is 3. The Morgan fingerprint density at radius 1 is 1.39 bits per heavy atom. The Morgan fingerprint density at radius 2 is 2.17 bits per heavy atom. The van der Waals surface area contributed by atoms with Gasteiger partial charge in [-0.05, 0) is 37.0 Å². The van der Waals surface area contributed by atoms with Gasteiger partial charge in [-0.1, -0.05) is 35.8 Å². The molecular formula is C17H24BrN3O2. The number of hydrogen-bond donors (Lipinski definition) is 2. The molecule has 0 aromatic heterocycles. The molecule has 1 aromatic rings. The van der Waals surface area contributed by atoms with Crippen molar-refractivity contribution < 1.29 is 9.59 Å². The number of benzene rings is 1. The van der Waals surface area contributed by atoms with Gasteiger partial charge in [0.05, 0.1) is 0 Å².